The summed E-state index contributed by atoms with van der Waals surface area (Å²) < 4.78 is 27.3. The van der Waals surface area contributed by atoms with E-state index in [1.807, 2.05) is 13.8 Å². The van der Waals surface area contributed by atoms with Crippen LogP contribution in [-0.2, 0) is 16.6 Å². The Hall–Kier alpha value is -1.73. The largest absolute Gasteiger partial charge is 0.296 e. The first-order valence-corrected chi connectivity index (χ1v) is 11.5. The van der Waals surface area contributed by atoms with Gasteiger partial charge >= 0.3 is 0 Å². The highest BCUT2D eigenvalue weighted by Crippen LogP contribution is 2.27. The predicted octanol–water partition coefficient (Wildman–Crippen LogP) is 3.97. The van der Waals surface area contributed by atoms with Gasteiger partial charge in [-0.2, -0.15) is 4.31 Å². The maximum absolute atomic E-state index is 12.9. The summed E-state index contributed by atoms with van der Waals surface area (Å²) in [6.45, 7) is 10.4. The highest BCUT2D eigenvalue weighted by Gasteiger charge is 2.30. The number of aryl methyl sites for hydroxylation is 2. The second-order valence-electron chi connectivity index (χ2n) is 7.66. The zero-order valence-corrected chi connectivity index (χ0v) is 18.9. The molecule has 1 aliphatic heterocycles. The number of benzene rings is 2. The molecule has 1 saturated heterocycles. The van der Waals surface area contributed by atoms with Crippen molar-refractivity contribution in [2.24, 2.45) is 0 Å². The number of carbonyl (C=O) groups excluding carboxylic acids is 1. The van der Waals surface area contributed by atoms with Crippen LogP contribution in [-0.4, -0.2) is 49.6 Å². The maximum atomic E-state index is 12.9. The number of carbonyl (C=O) groups is 1. The fourth-order valence-corrected chi connectivity index (χ4v) is 6.07. The van der Waals surface area contributed by atoms with Gasteiger partial charge in [-0.25, -0.2) is 8.42 Å². The van der Waals surface area contributed by atoms with Crippen LogP contribution in [0.25, 0.3) is 0 Å². The van der Waals surface area contributed by atoms with Gasteiger partial charge in [0.25, 0.3) is 0 Å². The molecule has 1 heterocycles. The van der Waals surface area contributed by atoms with E-state index in [-0.39, 0.29) is 15.7 Å². The molecular formula is C22H27ClN2O3S. The Balaban J connectivity index is 1.75. The van der Waals surface area contributed by atoms with Crippen LogP contribution in [0.1, 0.15) is 39.5 Å². The number of rotatable bonds is 5. The standard InChI is InChI=1S/C22H27ClN2O3S/c1-15-13-16(2)22(18(4)26)17(3)19(15)14-24-9-11-25(12-10-24)29(27,28)21-8-6-5-7-20(21)23/h5-8,13H,9-12,14H2,1-4H3. The molecule has 3 rings (SSSR count). The van der Waals surface area contributed by atoms with Gasteiger partial charge in [0.1, 0.15) is 4.90 Å². The topological polar surface area (TPSA) is 57.7 Å². The van der Waals surface area contributed by atoms with Crippen LogP contribution < -0.4 is 0 Å². The number of sulfonamides is 1. The van der Waals surface area contributed by atoms with Gasteiger partial charge in [-0.1, -0.05) is 29.8 Å². The molecule has 1 fully saturated rings. The molecule has 0 amide bonds. The molecule has 0 spiro atoms. The molecule has 2 aromatic rings. The minimum Gasteiger partial charge on any atom is -0.296 e. The minimum atomic E-state index is -3.60. The van der Waals surface area contributed by atoms with Crippen LogP contribution >= 0.6 is 11.6 Å². The van der Waals surface area contributed by atoms with Crippen molar-refractivity contribution in [1.29, 1.82) is 0 Å². The number of hydrogen-bond donors (Lipinski definition) is 0. The van der Waals surface area contributed by atoms with Gasteiger partial charge < -0.3 is 0 Å². The highest BCUT2D eigenvalue weighted by atomic mass is 35.5. The molecule has 0 unspecified atom stereocenters. The average molecular weight is 435 g/mol. The van der Waals surface area contributed by atoms with E-state index in [9.17, 15) is 13.2 Å². The molecule has 29 heavy (non-hydrogen) atoms. The van der Waals surface area contributed by atoms with Crippen molar-refractivity contribution >= 4 is 27.4 Å². The number of piperazine rings is 1. The van der Waals surface area contributed by atoms with Gasteiger partial charge in [0, 0.05) is 38.3 Å². The van der Waals surface area contributed by atoms with E-state index in [1.54, 1.807) is 31.2 Å². The Morgan fingerprint density at radius 2 is 1.66 bits per heavy atom. The van der Waals surface area contributed by atoms with E-state index < -0.39 is 10.0 Å². The number of Topliss-reactive ketones (excluding diaryl/α,β-unsaturated/α-hetero) is 1. The van der Waals surface area contributed by atoms with Crippen LogP contribution in [0.4, 0.5) is 0 Å². The third-order valence-corrected chi connectivity index (χ3v) is 8.05. The first-order valence-electron chi connectivity index (χ1n) is 9.70. The first-order chi connectivity index (χ1) is 13.6. The Morgan fingerprint density at radius 1 is 1.03 bits per heavy atom. The molecule has 156 valence electrons. The zero-order chi connectivity index (χ0) is 21.3. The third-order valence-electron chi connectivity index (χ3n) is 5.65. The maximum Gasteiger partial charge on any atom is 0.244 e. The predicted molar refractivity (Wildman–Crippen MR) is 116 cm³/mol. The zero-order valence-electron chi connectivity index (χ0n) is 17.3. The lowest BCUT2D eigenvalue weighted by atomic mass is 9.91. The molecule has 0 N–H and O–H groups in total. The Kier molecular flexibility index (Phi) is 6.48. The Bertz CT molecular complexity index is 1040. The van der Waals surface area contributed by atoms with Crippen LogP contribution in [0.15, 0.2) is 35.2 Å². The van der Waals surface area contributed by atoms with E-state index in [0.29, 0.717) is 32.7 Å². The molecule has 2 aromatic carbocycles. The lowest BCUT2D eigenvalue weighted by Gasteiger charge is -2.35. The second-order valence-corrected chi connectivity index (χ2v) is 9.97. The van der Waals surface area contributed by atoms with Gasteiger partial charge in [0.2, 0.25) is 10.0 Å². The minimum absolute atomic E-state index is 0.0805. The SMILES string of the molecule is CC(=O)c1c(C)cc(C)c(CN2CCN(S(=O)(=O)c3ccccc3Cl)CC2)c1C. The van der Waals surface area contributed by atoms with Gasteiger partial charge in [0.15, 0.2) is 5.78 Å². The van der Waals surface area contributed by atoms with Crippen molar-refractivity contribution in [2.75, 3.05) is 26.2 Å². The fourth-order valence-electron chi connectivity index (χ4n) is 4.16. The van der Waals surface area contributed by atoms with Crippen molar-refractivity contribution in [2.45, 2.75) is 39.1 Å². The number of hydrogen-bond acceptors (Lipinski definition) is 4. The fraction of sp³-hybridized carbons (Fsp3) is 0.409. The van der Waals surface area contributed by atoms with E-state index in [0.717, 1.165) is 27.8 Å². The number of ketones is 1. The van der Waals surface area contributed by atoms with E-state index >= 15 is 0 Å². The molecule has 0 aromatic heterocycles. The van der Waals surface area contributed by atoms with E-state index in [4.69, 9.17) is 11.6 Å². The lowest BCUT2D eigenvalue weighted by molar-refractivity contribution is 0.101. The smallest absolute Gasteiger partial charge is 0.244 e. The summed E-state index contributed by atoms with van der Waals surface area (Å²) in [5.41, 5.74) is 5.15. The van der Waals surface area contributed by atoms with Gasteiger partial charge in [0.05, 0.1) is 5.02 Å². The summed E-state index contributed by atoms with van der Waals surface area (Å²) in [6, 6.07) is 8.62. The van der Waals surface area contributed by atoms with Crippen molar-refractivity contribution < 1.29 is 13.2 Å². The van der Waals surface area contributed by atoms with Crippen molar-refractivity contribution in [3.63, 3.8) is 0 Å². The summed E-state index contributed by atoms with van der Waals surface area (Å²) in [4.78, 5) is 14.5. The van der Waals surface area contributed by atoms with Crippen LogP contribution in [0.3, 0.4) is 0 Å². The summed E-state index contributed by atoms with van der Waals surface area (Å²) in [6.07, 6.45) is 0. The van der Waals surface area contributed by atoms with Crippen LogP contribution in [0, 0.1) is 20.8 Å². The molecular weight excluding hydrogens is 408 g/mol. The molecule has 7 heteroatoms. The monoisotopic (exact) mass is 434 g/mol. The Morgan fingerprint density at radius 3 is 2.24 bits per heavy atom. The molecule has 0 aliphatic carbocycles. The number of nitrogens with zero attached hydrogens (tertiary/aromatic N) is 2. The lowest BCUT2D eigenvalue weighted by Crippen LogP contribution is -2.48. The quantitative estimate of drug-likeness (QED) is 0.668. The summed E-state index contributed by atoms with van der Waals surface area (Å²) in [5, 5.41) is 0.248. The first kappa shape index (κ1) is 22.0. The van der Waals surface area contributed by atoms with Crippen molar-refractivity contribution in [3.8, 4) is 0 Å². The summed E-state index contributed by atoms with van der Waals surface area (Å²) >= 11 is 6.11. The third kappa shape index (κ3) is 4.40. The molecule has 1 aliphatic rings. The summed E-state index contributed by atoms with van der Waals surface area (Å²) in [5.74, 6) is 0.0805. The van der Waals surface area contributed by atoms with Crippen LogP contribution in [0.2, 0.25) is 5.02 Å². The molecule has 0 atom stereocenters. The van der Waals surface area contributed by atoms with Crippen molar-refractivity contribution in [3.05, 3.63) is 63.2 Å². The number of halogens is 1. The summed E-state index contributed by atoms with van der Waals surface area (Å²) in [7, 11) is -3.60. The van der Waals surface area contributed by atoms with Crippen molar-refractivity contribution in [1.82, 2.24) is 9.21 Å². The molecule has 0 saturated carbocycles. The van der Waals surface area contributed by atoms with E-state index in [2.05, 4.69) is 17.9 Å². The van der Waals surface area contributed by atoms with Crippen LogP contribution in [0.5, 0.6) is 0 Å². The van der Waals surface area contributed by atoms with E-state index in [1.165, 1.54) is 4.31 Å². The van der Waals surface area contributed by atoms with Gasteiger partial charge in [-0.05, 0) is 62.1 Å². The normalized spacial score (nSPS) is 16.2. The second kappa shape index (κ2) is 8.56. The average Bonchev–Trinajstić information content (AvgIpc) is 2.65. The molecule has 0 radical (unpaired) electrons. The Labute approximate surface area is 178 Å². The van der Waals surface area contributed by atoms with Gasteiger partial charge in [-0.15, -0.1) is 0 Å². The highest BCUT2D eigenvalue weighted by molar-refractivity contribution is 7.89. The molecule has 0 bridgehead atoms. The van der Waals surface area contributed by atoms with Gasteiger partial charge in [-0.3, -0.25) is 9.69 Å². The molecule has 5 nitrogen and oxygen atoms in total.